The van der Waals surface area contributed by atoms with Crippen molar-refractivity contribution in [2.45, 2.75) is 20.3 Å². The van der Waals surface area contributed by atoms with Crippen molar-refractivity contribution in [1.29, 1.82) is 0 Å². The molecule has 1 amide bonds. The lowest BCUT2D eigenvalue weighted by Crippen LogP contribution is -2.40. The van der Waals surface area contributed by atoms with E-state index in [0.717, 1.165) is 19.6 Å². The van der Waals surface area contributed by atoms with Crippen molar-refractivity contribution >= 4 is 5.91 Å². The quantitative estimate of drug-likeness (QED) is 0.662. The second-order valence-electron chi connectivity index (χ2n) is 5.88. The molecule has 0 aliphatic carbocycles. The Hall–Kier alpha value is -0.830. The van der Waals surface area contributed by atoms with Gasteiger partial charge in [-0.25, -0.2) is 0 Å². The van der Waals surface area contributed by atoms with Crippen LogP contribution >= 0.6 is 0 Å². The largest absolute Gasteiger partial charge is 0.341 e. The predicted molar refractivity (Wildman–Crippen MR) is 67.2 cm³/mol. The molecule has 0 N–H and O–H groups in total. The molecule has 1 unspecified atom stereocenters. The first-order chi connectivity index (χ1) is 7.34. The number of nitrogens with zero attached hydrogens (tertiary/aromatic N) is 2. The van der Waals surface area contributed by atoms with E-state index < -0.39 is 0 Å². The molecule has 92 valence electrons. The zero-order chi connectivity index (χ0) is 12.3. The number of amides is 1. The summed E-state index contributed by atoms with van der Waals surface area (Å²) in [5, 5.41) is 0. The maximum Gasteiger partial charge on any atom is 0.223 e. The Kier molecular flexibility index (Phi) is 4.14. The van der Waals surface area contributed by atoms with E-state index in [-0.39, 0.29) is 11.3 Å². The SMILES string of the molecule is C=CC1CC(=O)N(CC(C)(C)CN(C)C)C1. The van der Waals surface area contributed by atoms with E-state index in [1.54, 1.807) is 0 Å². The first-order valence-corrected chi connectivity index (χ1v) is 5.89. The molecule has 0 bridgehead atoms. The molecule has 0 saturated carbocycles. The molecule has 3 heteroatoms. The van der Waals surface area contributed by atoms with E-state index >= 15 is 0 Å². The van der Waals surface area contributed by atoms with Gasteiger partial charge in [0.15, 0.2) is 0 Å². The second kappa shape index (κ2) is 5.00. The maximum atomic E-state index is 11.8. The fourth-order valence-corrected chi connectivity index (χ4v) is 2.54. The van der Waals surface area contributed by atoms with Gasteiger partial charge in [-0.2, -0.15) is 0 Å². The van der Waals surface area contributed by atoms with Crippen LogP contribution in [0.15, 0.2) is 12.7 Å². The zero-order valence-corrected chi connectivity index (χ0v) is 11.0. The first kappa shape index (κ1) is 13.2. The standard InChI is InChI=1S/C13H24N2O/c1-6-11-7-12(16)15(8-11)10-13(2,3)9-14(4)5/h6,11H,1,7-10H2,2-5H3. The highest BCUT2D eigenvalue weighted by atomic mass is 16.2. The normalized spacial score (nSPS) is 21.9. The lowest BCUT2D eigenvalue weighted by molar-refractivity contribution is -0.129. The third kappa shape index (κ3) is 3.63. The fraction of sp³-hybridized carbons (Fsp3) is 0.769. The summed E-state index contributed by atoms with van der Waals surface area (Å²) >= 11 is 0. The van der Waals surface area contributed by atoms with E-state index in [4.69, 9.17) is 0 Å². The summed E-state index contributed by atoms with van der Waals surface area (Å²) in [4.78, 5) is 15.9. The third-order valence-corrected chi connectivity index (χ3v) is 2.94. The summed E-state index contributed by atoms with van der Waals surface area (Å²) in [5.74, 6) is 0.624. The summed E-state index contributed by atoms with van der Waals surface area (Å²) in [5.41, 5.74) is 0.148. The molecule has 1 fully saturated rings. The van der Waals surface area contributed by atoms with Crippen molar-refractivity contribution in [3.63, 3.8) is 0 Å². The minimum absolute atomic E-state index is 0.148. The second-order valence-corrected chi connectivity index (χ2v) is 5.88. The van der Waals surface area contributed by atoms with Crippen LogP contribution in [0.4, 0.5) is 0 Å². The van der Waals surface area contributed by atoms with Crippen LogP contribution in [-0.2, 0) is 4.79 Å². The molecule has 0 aromatic carbocycles. The number of rotatable bonds is 5. The molecular weight excluding hydrogens is 200 g/mol. The number of carbonyl (C=O) groups is 1. The minimum Gasteiger partial charge on any atom is -0.341 e. The van der Waals surface area contributed by atoms with E-state index in [1.807, 2.05) is 11.0 Å². The summed E-state index contributed by atoms with van der Waals surface area (Å²) < 4.78 is 0. The molecule has 3 nitrogen and oxygen atoms in total. The van der Waals surface area contributed by atoms with Crippen LogP contribution < -0.4 is 0 Å². The van der Waals surface area contributed by atoms with Gasteiger partial charge in [0.25, 0.3) is 0 Å². The molecule has 1 heterocycles. The van der Waals surface area contributed by atoms with Crippen molar-refractivity contribution in [2.75, 3.05) is 33.7 Å². The Morgan fingerprint density at radius 3 is 2.62 bits per heavy atom. The van der Waals surface area contributed by atoms with Gasteiger partial charge in [0.1, 0.15) is 0 Å². The van der Waals surface area contributed by atoms with E-state index in [2.05, 4.69) is 39.4 Å². The summed E-state index contributed by atoms with van der Waals surface area (Å²) in [6.45, 7) is 10.9. The summed E-state index contributed by atoms with van der Waals surface area (Å²) in [7, 11) is 4.14. The molecule has 16 heavy (non-hydrogen) atoms. The highest BCUT2D eigenvalue weighted by Gasteiger charge is 2.32. The van der Waals surface area contributed by atoms with Gasteiger partial charge in [-0.1, -0.05) is 19.9 Å². The predicted octanol–water partition coefficient (Wildman–Crippen LogP) is 1.61. The smallest absolute Gasteiger partial charge is 0.223 e. The fourth-order valence-electron chi connectivity index (χ4n) is 2.54. The zero-order valence-electron chi connectivity index (χ0n) is 11.0. The Bertz CT molecular complexity index is 271. The van der Waals surface area contributed by atoms with Crippen molar-refractivity contribution in [3.8, 4) is 0 Å². The highest BCUT2D eigenvalue weighted by Crippen LogP contribution is 2.24. The Morgan fingerprint density at radius 1 is 1.56 bits per heavy atom. The number of hydrogen-bond acceptors (Lipinski definition) is 2. The van der Waals surface area contributed by atoms with E-state index in [0.29, 0.717) is 12.3 Å². The van der Waals surface area contributed by atoms with Crippen LogP contribution in [0.3, 0.4) is 0 Å². The van der Waals surface area contributed by atoms with Gasteiger partial charge in [-0.3, -0.25) is 4.79 Å². The lowest BCUT2D eigenvalue weighted by atomic mass is 9.92. The molecule has 0 aromatic rings. The number of carbonyl (C=O) groups excluding carboxylic acids is 1. The molecule has 0 radical (unpaired) electrons. The summed E-state index contributed by atoms with van der Waals surface area (Å²) in [6, 6.07) is 0. The van der Waals surface area contributed by atoms with Gasteiger partial charge in [0.2, 0.25) is 5.91 Å². The first-order valence-electron chi connectivity index (χ1n) is 5.89. The van der Waals surface area contributed by atoms with Crippen LogP contribution in [-0.4, -0.2) is 49.4 Å². The Morgan fingerprint density at radius 2 is 2.19 bits per heavy atom. The van der Waals surface area contributed by atoms with Gasteiger partial charge in [-0.05, 0) is 19.5 Å². The maximum absolute atomic E-state index is 11.8. The van der Waals surface area contributed by atoms with Crippen LogP contribution in [0, 0.1) is 11.3 Å². The molecule has 1 saturated heterocycles. The molecule has 1 aliphatic heterocycles. The molecule has 1 rings (SSSR count). The monoisotopic (exact) mass is 224 g/mol. The lowest BCUT2D eigenvalue weighted by Gasteiger charge is -2.32. The van der Waals surface area contributed by atoms with Gasteiger partial charge < -0.3 is 9.80 Å². The minimum atomic E-state index is 0.148. The average molecular weight is 224 g/mol. The molecule has 0 aromatic heterocycles. The Balaban J connectivity index is 2.54. The molecule has 1 aliphatic rings. The van der Waals surface area contributed by atoms with Crippen molar-refractivity contribution in [2.24, 2.45) is 11.3 Å². The topological polar surface area (TPSA) is 23.6 Å². The van der Waals surface area contributed by atoms with Crippen LogP contribution in [0.5, 0.6) is 0 Å². The van der Waals surface area contributed by atoms with Crippen LogP contribution in [0.2, 0.25) is 0 Å². The van der Waals surface area contributed by atoms with Gasteiger partial charge in [0, 0.05) is 32.0 Å². The van der Waals surface area contributed by atoms with Crippen LogP contribution in [0.25, 0.3) is 0 Å². The average Bonchev–Trinajstić information content (AvgIpc) is 2.44. The molecule has 0 spiro atoms. The molecular formula is C13H24N2O. The number of hydrogen-bond donors (Lipinski definition) is 0. The van der Waals surface area contributed by atoms with Gasteiger partial charge >= 0.3 is 0 Å². The third-order valence-electron chi connectivity index (χ3n) is 2.94. The highest BCUT2D eigenvalue weighted by molar-refractivity contribution is 5.79. The summed E-state index contributed by atoms with van der Waals surface area (Å²) in [6.07, 6.45) is 2.54. The van der Waals surface area contributed by atoms with Crippen LogP contribution in [0.1, 0.15) is 20.3 Å². The number of likely N-dealkylation sites (tertiary alicyclic amines) is 1. The van der Waals surface area contributed by atoms with Crippen molar-refractivity contribution in [1.82, 2.24) is 9.80 Å². The van der Waals surface area contributed by atoms with E-state index in [9.17, 15) is 4.79 Å². The van der Waals surface area contributed by atoms with Crippen molar-refractivity contribution < 1.29 is 4.79 Å². The molecule has 1 atom stereocenters. The van der Waals surface area contributed by atoms with Gasteiger partial charge in [-0.15, -0.1) is 6.58 Å². The van der Waals surface area contributed by atoms with E-state index in [1.165, 1.54) is 0 Å². The van der Waals surface area contributed by atoms with Crippen molar-refractivity contribution in [3.05, 3.63) is 12.7 Å². The van der Waals surface area contributed by atoms with Gasteiger partial charge in [0.05, 0.1) is 0 Å². The Labute approximate surface area is 99.1 Å².